The molecule has 12 heavy (non-hydrogen) atoms. The first kappa shape index (κ1) is 11.5. The van der Waals surface area contributed by atoms with Gasteiger partial charge in [0, 0.05) is 11.5 Å². The number of esters is 1. The fourth-order valence-electron chi connectivity index (χ4n) is 0.750. The third kappa shape index (κ3) is 7.61. The maximum Gasteiger partial charge on any atom is 0.306 e. The van der Waals surface area contributed by atoms with Crippen LogP contribution in [0.3, 0.4) is 0 Å². The van der Waals surface area contributed by atoms with Crippen LogP contribution in [0.25, 0.3) is 0 Å². The number of ether oxygens (including phenoxy) is 1. The topological polar surface area (TPSA) is 26.3 Å². The number of hydrogen-bond donors (Lipinski definition) is 0. The van der Waals surface area contributed by atoms with Crippen LogP contribution in [0.15, 0.2) is 11.6 Å². The first-order valence-electron chi connectivity index (χ1n) is 4.15. The number of carbonyl (C=O) groups is 1. The second kappa shape index (κ2) is 7.17. The first-order chi connectivity index (χ1) is 5.66. The lowest BCUT2D eigenvalue weighted by atomic mass is 10.2. The summed E-state index contributed by atoms with van der Waals surface area (Å²) in [6.07, 6.45) is 3.55. The first-order valence-corrected chi connectivity index (χ1v) is 4.53. The largest absolute Gasteiger partial charge is 0.460 e. The Labute approximate surface area is 78.5 Å². The number of carbonyl (C=O) groups excluding carboxylic acids is 1. The van der Waals surface area contributed by atoms with Crippen molar-refractivity contribution in [2.75, 3.05) is 6.61 Å². The van der Waals surface area contributed by atoms with E-state index in [0.29, 0.717) is 11.5 Å². The Morgan fingerprint density at radius 1 is 1.50 bits per heavy atom. The lowest BCUT2D eigenvalue weighted by molar-refractivity contribution is -0.142. The van der Waals surface area contributed by atoms with Gasteiger partial charge in [0.15, 0.2) is 0 Å². The zero-order valence-electron chi connectivity index (χ0n) is 7.44. The van der Waals surface area contributed by atoms with Crippen LogP contribution in [-0.2, 0) is 9.53 Å². The molecular formula is C9H15ClO2. The van der Waals surface area contributed by atoms with Gasteiger partial charge in [0.05, 0.1) is 0 Å². The van der Waals surface area contributed by atoms with Crippen molar-refractivity contribution >= 4 is 17.6 Å². The van der Waals surface area contributed by atoms with Gasteiger partial charge in [-0.15, -0.1) is 0 Å². The van der Waals surface area contributed by atoms with Crippen molar-refractivity contribution in [1.29, 1.82) is 0 Å². The highest BCUT2D eigenvalue weighted by molar-refractivity contribution is 6.29. The Bertz CT molecular complexity index is 155. The maximum atomic E-state index is 10.9. The summed E-state index contributed by atoms with van der Waals surface area (Å²) in [5, 5.41) is 0.360. The van der Waals surface area contributed by atoms with Crippen molar-refractivity contribution in [3.05, 3.63) is 11.6 Å². The Kier molecular flexibility index (Phi) is 6.87. The van der Waals surface area contributed by atoms with Gasteiger partial charge in [0.25, 0.3) is 0 Å². The molecular weight excluding hydrogens is 176 g/mol. The summed E-state index contributed by atoms with van der Waals surface area (Å²) in [4.78, 5) is 10.9. The minimum atomic E-state index is -0.190. The highest BCUT2D eigenvalue weighted by atomic mass is 35.5. The van der Waals surface area contributed by atoms with Crippen LogP contribution in [0, 0.1) is 0 Å². The molecule has 0 aliphatic heterocycles. The molecule has 0 aromatic heterocycles. The molecule has 0 rings (SSSR count). The highest BCUT2D eigenvalue weighted by Crippen LogP contribution is 2.02. The molecule has 0 saturated carbocycles. The summed E-state index contributed by atoms with van der Waals surface area (Å²) in [5.74, 6) is -0.190. The van der Waals surface area contributed by atoms with Crippen molar-refractivity contribution < 1.29 is 9.53 Å². The second-order valence-corrected chi connectivity index (χ2v) is 3.17. The van der Waals surface area contributed by atoms with Gasteiger partial charge in [-0.3, -0.25) is 4.79 Å². The quantitative estimate of drug-likeness (QED) is 0.476. The number of unbranched alkanes of at least 4 members (excludes halogenated alkanes) is 2. The Morgan fingerprint density at radius 2 is 2.17 bits per heavy atom. The van der Waals surface area contributed by atoms with E-state index in [-0.39, 0.29) is 12.6 Å². The molecule has 0 aliphatic rings. The molecule has 0 aromatic carbocycles. The van der Waals surface area contributed by atoms with Crippen molar-refractivity contribution in [2.24, 2.45) is 0 Å². The summed E-state index contributed by atoms with van der Waals surface area (Å²) >= 11 is 5.41. The van der Waals surface area contributed by atoms with Gasteiger partial charge in [-0.25, -0.2) is 0 Å². The molecule has 70 valence electrons. The van der Waals surface area contributed by atoms with E-state index in [4.69, 9.17) is 16.3 Å². The van der Waals surface area contributed by atoms with Gasteiger partial charge in [-0.1, -0.05) is 37.9 Å². The zero-order valence-corrected chi connectivity index (χ0v) is 8.19. The smallest absolute Gasteiger partial charge is 0.306 e. The molecule has 0 spiro atoms. The molecule has 0 bridgehead atoms. The van der Waals surface area contributed by atoms with E-state index in [1.807, 2.05) is 0 Å². The molecule has 0 N–H and O–H groups in total. The minimum Gasteiger partial charge on any atom is -0.460 e. The fraction of sp³-hybridized carbons (Fsp3) is 0.667. The molecule has 2 nitrogen and oxygen atoms in total. The van der Waals surface area contributed by atoms with Crippen molar-refractivity contribution in [3.63, 3.8) is 0 Å². The lowest BCUT2D eigenvalue weighted by Gasteiger charge is -2.01. The second-order valence-electron chi connectivity index (χ2n) is 2.64. The summed E-state index contributed by atoms with van der Waals surface area (Å²) in [5.41, 5.74) is 0. The third-order valence-corrected chi connectivity index (χ3v) is 1.48. The fourth-order valence-corrected chi connectivity index (χ4v) is 0.805. The SMILES string of the molecule is C=C(Cl)COC(=O)CCCCC. The van der Waals surface area contributed by atoms with Crippen molar-refractivity contribution in [1.82, 2.24) is 0 Å². The van der Waals surface area contributed by atoms with E-state index in [1.54, 1.807) is 0 Å². The third-order valence-electron chi connectivity index (χ3n) is 1.37. The number of halogens is 1. The Hall–Kier alpha value is -0.500. The monoisotopic (exact) mass is 190 g/mol. The van der Waals surface area contributed by atoms with E-state index in [2.05, 4.69) is 13.5 Å². The van der Waals surface area contributed by atoms with Gasteiger partial charge in [-0.2, -0.15) is 0 Å². The molecule has 0 unspecified atom stereocenters. The van der Waals surface area contributed by atoms with E-state index < -0.39 is 0 Å². The van der Waals surface area contributed by atoms with E-state index in [9.17, 15) is 4.79 Å². The van der Waals surface area contributed by atoms with Gasteiger partial charge >= 0.3 is 5.97 Å². The van der Waals surface area contributed by atoms with Gasteiger partial charge in [-0.05, 0) is 6.42 Å². The standard InChI is InChI=1S/C9H15ClO2/c1-3-4-5-6-9(11)12-7-8(2)10/h2-7H2,1H3. The Balaban J connectivity index is 3.28. The van der Waals surface area contributed by atoms with Crippen LogP contribution in [0.5, 0.6) is 0 Å². The van der Waals surface area contributed by atoms with Crippen LogP contribution in [-0.4, -0.2) is 12.6 Å². The molecule has 0 aliphatic carbocycles. The molecule has 0 amide bonds. The van der Waals surface area contributed by atoms with E-state index in [0.717, 1.165) is 19.3 Å². The lowest BCUT2D eigenvalue weighted by Crippen LogP contribution is -2.05. The van der Waals surface area contributed by atoms with Crippen molar-refractivity contribution in [3.8, 4) is 0 Å². The predicted octanol–water partition coefficient (Wildman–Crippen LogP) is 2.86. The molecule has 0 aromatic rings. The number of rotatable bonds is 6. The van der Waals surface area contributed by atoms with E-state index in [1.165, 1.54) is 0 Å². The average Bonchev–Trinajstić information content (AvgIpc) is 2.01. The molecule has 0 atom stereocenters. The average molecular weight is 191 g/mol. The van der Waals surface area contributed by atoms with Crippen molar-refractivity contribution in [2.45, 2.75) is 32.6 Å². The summed E-state index contributed by atoms with van der Waals surface area (Å²) < 4.78 is 4.78. The normalized spacial score (nSPS) is 9.50. The zero-order chi connectivity index (χ0) is 9.40. The highest BCUT2D eigenvalue weighted by Gasteiger charge is 2.01. The van der Waals surface area contributed by atoms with Crippen LogP contribution in [0.1, 0.15) is 32.6 Å². The Morgan fingerprint density at radius 3 is 2.67 bits per heavy atom. The van der Waals surface area contributed by atoms with Crippen LogP contribution in [0.4, 0.5) is 0 Å². The van der Waals surface area contributed by atoms with Crippen LogP contribution in [0.2, 0.25) is 0 Å². The van der Waals surface area contributed by atoms with E-state index >= 15 is 0 Å². The van der Waals surface area contributed by atoms with Crippen LogP contribution >= 0.6 is 11.6 Å². The molecule has 0 heterocycles. The predicted molar refractivity (Wildman–Crippen MR) is 50.1 cm³/mol. The summed E-state index contributed by atoms with van der Waals surface area (Å²) in [7, 11) is 0. The number of hydrogen-bond acceptors (Lipinski definition) is 2. The minimum absolute atomic E-state index is 0.131. The molecule has 3 heteroatoms. The summed E-state index contributed by atoms with van der Waals surface area (Å²) in [6.45, 7) is 5.63. The van der Waals surface area contributed by atoms with Gasteiger partial charge in [0.1, 0.15) is 6.61 Å². The maximum absolute atomic E-state index is 10.9. The van der Waals surface area contributed by atoms with Gasteiger partial charge < -0.3 is 4.74 Å². The molecule has 0 radical (unpaired) electrons. The molecule has 0 saturated heterocycles. The summed E-state index contributed by atoms with van der Waals surface area (Å²) in [6, 6.07) is 0. The van der Waals surface area contributed by atoms with Crippen LogP contribution < -0.4 is 0 Å². The molecule has 0 fully saturated rings. The van der Waals surface area contributed by atoms with Gasteiger partial charge in [0.2, 0.25) is 0 Å².